The Kier molecular flexibility index (Phi) is 3.96. The van der Waals surface area contributed by atoms with E-state index < -0.39 is 0 Å². The van der Waals surface area contributed by atoms with Gasteiger partial charge in [0.2, 0.25) is 0 Å². The maximum atomic E-state index is 11.4. The molecule has 0 aliphatic heterocycles. The highest BCUT2D eigenvalue weighted by Crippen LogP contribution is 2.09. The second kappa shape index (κ2) is 5.25. The molecule has 1 aromatic rings. The van der Waals surface area contributed by atoms with Gasteiger partial charge in [0.25, 0.3) is 5.91 Å². The van der Waals surface area contributed by atoms with Crippen LogP contribution < -0.4 is 5.32 Å². The Balaban J connectivity index is 2.53. The van der Waals surface area contributed by atoms with E-state index >= 15 is 0 Å². The Bertz CT molecular complexity index is 353. The van der Waals surface area contributed by atoms with Crippen LogP contribution in [-0.4, -0.2) is 12.5 Å². The van der Waals surface area contributed by atoms with E-state index in [0.29, 0.717) is 23.6 Å². The number of amides is 1. The van der Waals surface area contributed by atoms with Crippen molar-refractivity contribution in [1.82, 2.24) is 5.32 Å². The number of carbonyl (C=O) groups excluding carboxylic acids is 1. The van der Waals surface area contributed by atoms with E-state index in [0.717, 1.165) is 0 Å². The molecule has 1 amide bonds. The molecule has 0 saturated heterocycles. The van der Waals surface area contributed by atoms with Crippen molar-refractivity contribution in [3.63, 3.8) is 0 Å². The first-order chi connectivity index (χ1) is 6.74. The number of halogens is 1. The van der Waals surface area contributed by atoms with Gasteiger partial charge in [-0.05, 0) is 24.3 Å². The Hall–Kier alpha value is -1.53. The molecule has 14 heavy (non-hydrogen) atoms. The summed E-state index contributed by atoms with van der Waals surface area (Å²) >= 11 is 5.67. The third-order valence-corrected chi connectivity index (χ3v) is 1.88. The molecule has 0 unspecified atom stereocenters. The second-order valence-electron chi connectivity index (χ2n) is 2.67. The zero-order chi connectivity index (χ0) is 10.4. The predicted octanol–water partition coefficient (Wildman–Crippen LogP) is 1.98. The molecular formula is C10H9ClN2O. The number of nitrogens with one attached hydrogen (secondary N) is 1. The highest BCUT2D eigenvalue weighted by atomic mass is 35.5. The van der Waals surface area contributed by atoms with Crippen LogP contribution in [0, 0.1) is 11.3 Å². The lowest BCUT2D eigenvalue weighted by Crippen LogP contribution is -2.23. The standard InChI is InChI=1S/C10H9ClN2O/c11-9-4-2-8(3-5-9)10(14)13-7-1-6-12/h2-5H,1,7H2,(H,13,14). The van der Waals surface area contributed by atoms with Gasteiger partial charge in [-0.25, -0.2) is 0 Å². The van der Waals surface area contributed by atoms with Gasteiger partial charge >= 0.3 is 0 Å². The number of rotatable bonds is 3. The Morgan fingerprint density at radius 3 is 2.64 bits per heavy atom. The summed E-state index contributed by atoms with van der Waals surface area (Å²) < 4.78 is 0. The zero-order valence-corrected chi connectivity index (χ0v) is 8.21. The summed E-state index contributed by atoms with van der Waals surface area (Å²) in [6.07, 6.45) is 0.319. The van der Waals surface area contributed by atoms with E-state index in [2.05, 4.69) is 5.32 Å². The summed E-state index contributed by atoms with van der Waals surface area (Å²) in [6.45, 7) is 0.373. The van der Waals surface area contributed by atoms with Gasteiger partial charge in [0.15, 0.2) is 0 Å². The largest absolute Gasteiger partial charge is 0.351 e. The minimum atomic E-state index is -0.183. The summed E-state index contributed by atoms with van der Waals surface area (Å²) in [5, 5.41) is 11.5. The first-order valence-electron chi connectivity index (χ1n) is 4.15. The highest BCUT2D eigenvalue weighted by Gasteiger charge is 2.03. The Morgan fingerprint density at radius 1 is 1.43 bits per heavy atom. The molecule has 0 saturated carbocycles. The lowest BCUT2D eigenvalue weighted by Gasteiger charge is -2.01. The molecule has 1 rings (SSSR count). The SMILES string of the molecule is N#CCCNC(=O)c1ccc(Cl)cc1. The fourth-order valence-corrected chi connectivity index (χ4v) is 1.06. The number of nitrogens with zero attached hydrogens (tertiary/aromatic N) is 1. The highest BCUT2D eigenvalue weighted by molar-refractivity contribution is 6.30. The smallest absolute Gasteiger partial charge is 0.251 e. The van der Waals surface area contributed by atoms with Gasteiger partial charge in [-0.1, -0.05) is 11.6 Å². The van der Waals surface area contributed by atoms with Crippen LogP contribution in [0.25, 0.3) is 0 Å². The van der Waals surface area contributed by atoms with Crippen molar-refractivity contribution in [3.05, 3.63) is 34.9 Å². The lowest BCUT2D eigenvalue weighted by molar-refractivity contribution is 0.0954. The summed E-state index contributed by atoms with van der Waals surface area (Å²) in [6, 6.07) is 8.54. The summed E-state index contributed by atoms with van der Waals surface area (Å²) in [5.74, 6) is -0.183. The van der Waals surface area contributed by atoms with Gasteiger partial charge < -0.3 is 5.32 Å². The van der Waals surface area contributed by atoms with Crippen LogP contribution in [0.1, 0.15) is 16.8 Å². The molecule has 72 valence electrons. The fraction of sp³-hybridized carbons (Fsp3) is 0.200. The fourth-order valence-electron chi connectivity index (χ4n) is 0.935. The van der Waals surface area contributed by atoms with Crippen LogP contribution in [0.2, 0.25) is 5.02 Å². The van der Waals surface area contributed by atoms with Crippen LogP contribution in [0.15, 0.2) is 24.3 Å². The average Bonchev–Trinajstić information content (AvgIpc) is 2.19. The molecular weight excluding hydrogens is 200 g/mol. The van der Waals surface area contributed by atoms with Crippen LogP contribution in [0.5, 0.6) is 0 Å². The average molecular weight is 209 g/mol. The van der Waals surface area contributed by atoms with Crippen molar-refractivity contribution in [3.8, 4) is 6.07 Å². The predicted molar refractivity (Wildman–Crippen MR) is 54.0 cm³/mol. The van der Waals surface area contributed by atoms with Gasteiger partial charge in [0.05, 0.1) is 12.5 Å². The molecule has 0 atom stereocenters. The molecule has 1 N–H and O–H groups in total. The summed E-state index contributed by atoms with van der Waals surface area (Å²) in [4.78, 5) is 11.4. The molecule has 4 heteroatoms. The van der Waals surface area contributed by atoms with E-state index in [9.17, 15) is 4.79 Å². The monoisotopic (exact) mass is 208 g/mol. The van der Waals surface area contributed by atoms with E-state index in [1.807, 2.05) is 6.07 Å². The molecule has 0 aliphatic carbocycles. The minimum absolute atomic E-state index is 0.183. The summed E-state index contributed by atoms with van der Waals surface area (Å²) in [5.41, 5.74) is 0.548. The third kappa shape index (κ3) is 3.08. The van der Waals surface area contributed by atoms with Crippen LogP contribution in [0.3, 0.4) is 0 Å². The van der Waals surface area contributed by atoms with E-state index in [1.165, 1.54) is 0 Å². The van der Waals surface area contributed by atoms with Crippen molar-refractivity contribution < 1.29 is 4.79 Å². The van der Waals surface area contributed by atoms with Crippen molar-refractivity contribution >= 4 is 17.5 Å². The first-order valence-corrected chi connectivity index (χ1v) is 4.52. The van der Waals surface area contributed by atoms with E-state index in [1.54, 1.807) is 24.3 Å². The minimum Gasteiger partial charge on any atom is -0.351 e. The molecule has 0 aromatic heterocycles. The van der Waals surface area contributed by atoms with E-state index in [4.69, 9.17) is 16.9 Å². The van der Waals surface area contributed by atoms with Crippen molar-refractivity contribution in [2.75, 3.05) is 6.54 Å². The number of benzene rings is 1. The quantitative estimate of drug-likeness (QED) is 0.773. The van der Waals surface area contributed by atoms with Crippen LogP contribution in [-0.2, 0) is 0 Å². The summed E-state index contributed by atoms with van der Waals surface area (Å²) in [7, 11) is 0. The van der Waals surface area contributed by atoms with Gasteiger partial charge in [-0.15, -0.1) is 0 Å². The number of carbonyl (C=O) groups is 1. The van der Waals surface area contributed by atoms with Crippen LogP contribution >= 0.6 is 11.6 Å². The van der Waals surface area contributed by atoms with Gasteiger partial charge in [0.1, 0.15) is 0 Å². The van der Waals surface area contributed by atoms with E-state index in [-0.39, 0.29) is 5.91 Å². The zero-order valence-electron chi connectivity index (χ0n) is 7.46. The first kappa shape index (κ1) is 10.6. The van der Waals surface area contributed by atoms with Crippen LogP contribution in [0.4, 0.5) is 0 Å². The topological polar surface area (TPSA) is 52.9 Å². The molecule has 0 bridgehead atoms. The maximum absolute atomic E-state index is 11.4. The molecule has 0 aliphatic rings. The lowest BCUT2D eigenvalue weighted by atomic mass is 10.2. The van der Waals surface area contributed by atoms with Crippen molar-refractivity contribution in [2.45, 2.75) is 6.42 Å². The number of nitriles is 1. The number of hydrogen-bond donors (Lipinski definition) is 1. The normalized spacial score (nSPS) is 9.14. The Labute approximate surface area is 87.3 Å². The molecule has 0 heterocycles. The molecule has 0 radical (unpaired) electrons. The van der Waals surface area contributed by atoms with Gasteiger partial charge in [-0.2, -0.15) is 5.26 Å². The van der Waals surface area contributed by atoms with Crippen molar-refractivity contribution in [2.24, 2.45) is 0 Å². The van der Waals surface area contributed by atoms with Gasteiger partial charge in [-0.3, -0.25) is 4.79 Å². The Morgan fingerprint density at radius 2 is 2.07 bits per heavy atom. The third-order valence-electron chi connectivity index (χ3n) is 1.63. The van der Waals surface area contributed by atoms with Gasteiger partial charge in [0, 0.05) is 17.1 Å². The molecule has 0 fully saturated rings. The molecule has 1 aromatic carbocycles. The molecule has 0 spiro atoms. The molecule has 3 nitrogen and oxygen atoms in total. The van der Waals surface area contributed by atoms with Crippen molar-refractivity contribution in [1.29, 1.82) is 5.26 Å². The number of hydrogen-bond acceptors (Lipinski definition) is 2. The maximum Gasteiger partial charge on any atom is 0.251 e. The second-order valence-corrected chi connectivity index (χ2v) is 3.11.